The number of anilines is 1. The maximum atomic E-state index is 10.9. The molecule has 158 valence electrons. The molecule has 0 unspecified atom stereocenters. The molecule has 0 saturated heterocycles. The van der Waals surface area contributed by atoms with Gasteiger partial charge in [0, 0.05) is 31.9 Å². The minimum absolute atomic E-state index is 0.321. The van der Waals surface area contributed by atoms with Gasteiger partial charge in [0.25, 0.3) is 5.01 Å². The van der Waals surface area contributed by atoms with Gasteiger partial charge in [-0.2, -0.15) is 4.57 Å². The van der Waals surface area contributed by atoms with Crippen LogP contribution in [0.3, 0.4) is 0 Å². The molecule has 0 spiro atoms. The SMILES string of the molecule is C[n+]1c(C=C2Sc3ccc(I)cc3N2CCCCS(=O)(=O)[O-])sc2ccc(Cl)cc21. The molecule has 0 N–H and O–H groups in total. The first-order chi connectivity index (χ1) is 14.2. The highest BCUT2D eigenvalue weighted by atomic mass is 127. The van der Waals surface area contributed by atoms with E-state index in [9.17, 15) is 13.0 Å². The van der Waals surface area contributed by atoms with E-state index in [2.05, 4.69) is 56.3 Å². The van der Waals surface area contributed by atoms with Crippen molar-refractivity contribution in [3.05, 3.63) is 55.0 Å². The summed E-state index contributed by atoms with van der Waals surface area (Å²) in [4.78, 5) is 3.39. The van der Waals surface area contributed by atoms with Gasteiger partial charge in [-0.25, -0.2) is 8.42 Å². The fraction of sp³-hybridized carbons (Fsp3) is 0.250. The number of halogens is 2. The summed E-state index contributed by atoms with van der Waals surface area (Å²) in [6, 6.07) is 12.2. The van der Waals surface area contributed by atoms with Crippen molar-refractivity contribution in [2.75, 3.05) is 17.2 Å². The van der Waals surface area contributed by atoms with Gasteiger partial charge in [-0.3, -0.25) is 0 Å². The van der Waals surface area contributed by atoms with Crippen LogP contribution in [0.2, 0.25) is 5.02 Å². The first-order valence-corrected chi connectivity index (χ1v) is 13.9. The van der Waals surface area contributed by atoms with E-state index in [0.717, 1.165) is 29.5 Å². The standard InChI is InChI=1S/C20H18ClIN2O3S3/c1-23-15-10-13(21)4-6-17(15)28-19(23)12-20-24(8-2-3-9-30(25,26)27)16-11-14(22)5-7-18(16)29-20/h4-7,10-12H,2-3,8-9H2,1H3. The summed E-state index contributed by atoms with van der Waals surface area (Å²) >= 11 is 11.9. The van der Waals surface area contributed by atoms with Crippen molar-refractivity contribution in [3.63, 3.8) is 0 Å². The van der Waals surface area contributed by atoms with E-state index in [0.29, 0.717) is 24.4 Å². The number of thiazole rings is 1. The first kappa shape index (κ1) is 22.3. The predicted octanol–water partition coefficient (Wildman–Crippen LogP) is 5.22. The minimum atomic E-state index is -4.18. The normalized spacial score (nSPS) is 15.3. The summed E-state index contributed by atoms with van der Waals surface area (Å²) in [5.74, 6) is -0.321. The molecule has 0 fully saturated rings. The van der Waals surface area contributed by atoms with E-state index in [1.165, 1.54) is 4.90 Å². The second-order valence-corrected chi connectivity index (χ2v) is 12.3. The van der Waals surface area contributed by atoms with Crippen LogP contribution in [0.4, 0.5) is 5.69 Å². The van der Waals surface area contributed by atoms with Crippen molar-refractivity contribution in [2.45, 2.75) is 17.7 Å². The van der Waals surface area contributed by atoms with E-state index in [1.807, 2.05) is 25.2 Å². The molecule has 10 heteroatoms. The summed E-state index contributed by atoms with van der Waals surface area (Å²) < 4.78 is 37.2. The third kappa shape index (κ3) is 4.97. The smallest absolute Gasteiger partial charge is 0.265 e. The van der Waals surface area contributed by atoms with E-state index < -0.39 is 10.1 Å². The van der Waals surface area contributed by atoms with Crippen LogP contribution >= 0.6 is 57.3 Å². The second kappa shape index (κ2) is 8.95. The molecule has 5 nitrogen and oxygen atoms in total. The number of hydrogen-bond acceptors (Lipinski definition) is 6. The number of thioether (sulfide) groups is 1. The zero-order valence-electron chi connectivity index (χ0n) is 16.0. The molecule has 0 aliphatic carbocycles. The molecular formula is C20H18ClIN2O3S3. The van der Waals surface area contributed by atoms with Crippen molar-refractivity contribution >= 4 is 89.4 Å². The maximum absolute atomic E-state index is 10.9. The Kier molecular flexibility index (Phi) is 6.67. The average molecular weight is 593 g/mol. The van der Waals surface area contributed by atoms with Crippen LogP contribution in [0.5, 0.6) is 0 Å². The van der Waals surface area contributed by atoms with Gasteiger partial charge in [0.05, 0.1) is 26.9 Å². The highest BCUT2D eigenvalue weighted by Gasteiger charge is 2.27. The molecule has 30 heavy (non-hydrogen) atoms. The Labute approximate surface area is 202 Å². The Hall–Kier alpha value is -0.850. The number of hydrogen-bond donors (Lipinski definition) is 0. The van der Waals surface area contributed by atoms with Gasteiger partial charge in [0.1, 0.15) is 11.7 Å². The third-order valence-electron chi connectivity index (χ3n) is 4.79. The number of benzene rings is 2. The van der Waals surface area contributed by atoms with Gasteiger partial charge in [-0.05, 0) is 65.8 Å². The predicted molar refractivity (Wildman–Crippen MR) is 132 cm³/mol. The maximum Gasteiger partial charge on any atom is 0.265 e. The van der Waals surface area contributed by atoms with Crippen molar-refractivity contribution in [1.29, 1.82) is 0 Å². The first-order valence-electron chi connectivity index (χ1n) is 9.19. The molecule has 2 heterocycles. The van der Waals surface area contributed by atoms with Gasteiger partial charge in [0.15, 0.2) is 0 Å². The van der Waals surface area contributed by atoms with Crippen LogP contribution in [0.25, 0.3) is 16.3 Å². The summed E-state index contributed by atoms with van der Waals surface area (Å²) in [6.07, 6.45) is 3.15. The van der Waals surface area contributed by atoms with E-state index in [4.69, 9.17) is 11.6 Å². The monoisotopic (exact) mass is 592 g/mol. The minimum Gasteiger partial charge on any atom is -0.748 e. The van der Waals surface area contributed by atoms with Crippen molar-refractivity contribution in [3.8, 4) is 0 Å². The highest BCUT2D eigenvalue weighted by Crippen LogP contribution is 2.47. The fourth-order valence-corrected chi connectivity index (χ4v) is 6.78. The Morgan fingerprint density at radius 2 is 2.03 bits per heavy atom. The Morgan fingerprint density at radius 1 is 1.23 bits per heavy atom. The van der Waals surface area contributed by atoms with Gasteiger partial charge in [-0.1, -0.05) is 34.7 Å². The fourth-order valence-electron chi connectivity index (χ4n) is 3.33. The van der Waals surface area contributed by atoms with E-state index in [1.54, 1.807) is 23.1 Å². The van der Waals surface area contributed by atoms with Crippen LogP contribution in [0.15, 0.2) is 46.3 Å². The van der Waals surface area contributed by atoms with Crippen LogP contribution in [0, 0.1) is 3.57 Å². The molecule has 0 radical (unpaired) electrons. The van der Waals surface area contributed by atoms with E-state index in [-0.39, 0.29) is 5.75 Å². The molecule has 0 bridgehead atoms. The Balaban J connectivity index is 1.66. The number of unbranched alkanes of at least 4 members (excludes halogenated alkanes) is 1. The van der Waals surface area contributed by atoms with E-state index >= 15 is 0 Å². The number of rotatable bonds is 6. The summed E-state index contributed by atoms with van der Waals surface area (Å²) in [6.45, 7) is 0.655. The average Bonchev–Trinajstić information content (AvgIpc) is 3.16. The number of fused-ring (bicyclic) bond motifs is 2. The molecule has 1 aromatic heterocycles. The topological polar surface area (TPSA) is 64.3 Å². The van der Waals surface area contributed by atoms with Crippen LogP contribution in [-0.4, -0.2) is 25.3 Å². The molecule has 3 aromatic rings. The Bertz CT molecular complexity index is 1260. The lowest BCUT2D eigenvalue weighted by molar-refractivity contribution is -0.642. The quantitative estimate of drug-likeness (QED) is 0.170. The molecule has 0 saturated carbocycles. The number of aromatic nitrogens is 1. The zero-order valence-corrected chi connectivity index (χ0v) is 21.3. The molecule has 0 amide bonds. The van der Waals surface area contributed by atoms with Crippen LogP contribution in [0.1, 0.15) is 17.8 Å². The van der Waals surface area contributed by atoms with Crippen molar-refractivity contribution in [1.82, 2.24) is 0 Å². The second-order valence-electron chi connectivity index (χ2n) is 6.93. The summed E-state index contributed by atoms with van der Waals surface area (Å²) in [5.41, 5.74) is 2.21. The lowest BCUT2D eigenvalue weighted by Gasteiger charge is -2.20. The third-order valence-corrected chi connectivity index (χ3v) is 8.77. The number of nitrogens with zero attached hydrogens (tertiary/aromatic N) is 2. The number of aryl methyl sites for hydroxylation is 1. The molecule has 4 rings (SSSR count). The summed E-state index contributed by atoms with van der Waals surface area (Å²) in [7, 11) is -2.15. The molecule has 2 aromatic carbocycles. The van der Waals surface area contributed by atoms with Gasteiger partial charge in [0.2, 0.25) is 5.52 Å². The lowest BCUT2D eigenvalue weighted by Crippen LogP contribution is -2.29. The summed E-state index contributed by atoms with van der Waals surface area (Å²) in [5, 5.41) is 2.90. The molecule has 1 aliphatic heterocycles. The molecule has 1 aliphatic rings. The van der Waals surface area contributed by atoms with Gasteiger partial charge in [-0.15, -0.1) is 0 Å². The van der Waals surface area contributed by atoms with Crippen LogP contribution < -0.4 is 9.47 Å². The van der Waals surface area contributed by atoms with Crippen molar-refractivity contribution in [2.24, 2.45) is 7.05 Å². The largest absolute Gasteiger partial charge is 0.748 e. The van der Waals surface area contributed by atoms with Crippen molar-refractivity contribution < 1.29 is 17.5 Å². The van der Waals surface area contributed by atoms with Gasteiger partial charge < -0.3 is 9.45 Å². The Morgan fingerprint density at radius 3 is 2.80 bits per heavy atom. The lowest BCUT2D eigenvalue weighted by atomic mass is 10.2. The zero-order chi connectivity index (χ0) is 21.5. The highest BCUT2D eigenvalue weighted by molar-refractivity contribution is 14.1. The molecular weight excluding hydrogens is 575 g/mol. The van der Waals surface area contributed by atoms with Crippen LogP contribution in [-0.2, 0) is 17.2 Å². The van der Waals surface area contributed by atoms with Gasteiger partial charge >= 0.3 is 0 Å². The molecule has 0 atom stereocenters.